The molecule has 7 heteroatoms. The van der Waals surface area contributed by atoms with Gasteiger partial charge in [-0.2, -0.15) is 0 Å². The lowest BCUT2D eigenvalue weighted by atomic mass is 10.2. The maximum atomic E-state index is 12.3. The second-order valence-corrected chi connectivity index (χ2v) is 7.95. The fraction of sp³-hybridized carbons (Fsp3) is 0.130. The Kier molecular flexibility index (Phi) is 7.38. The van der Waals surface area contributed by atoms with E-state index >= 15 is 0 Å². The zero-order valence-electron chi connectivity index (χ0n) is 16.4. The second kappa shape index (κ2) is 9.98. The first-order chi connectivity index (χ1) is 14.3. The summed E-state index contributed by atoms with van der Waals surface area (Å²) in [5.74, 6) is 0.179. The van der Waals surface area contributed by atoms with Crippen LogP contribution in [0.15, 0.2) is 59.6 Å². The van der Waals surface area contributed by atoms with Crippen molar-refractivity contribution in [3.05, 3.63) is 86.4 Å². The van der Waals surface area contributed by atoms with Crippen molar-refractivity contribution in [3.63, 3.8) is 0 Å². The maximum Gasteiger partial charge on any atom is 0.262 e. The van der Waals surface area contributed by atoms with E-state index in [1.54, 1.807) is 42.6 Å². The molecule has 0 spiro atoms. The fourth-order valence-corrected chi connectivity index (χ4v) is 3.15. The summed E-state index contributed by atoms with van der Waals surface area (Å²) in [5, 5.41) is 4.48. The van der Waals surface area contributed by atoms with E-state index in [0.29, 0.717) is 32.1 Å². The van der Waals surface area contributed by atoms with E-state index in [1.807, 2.05) is 32.0 Å². The highest BCUT2D eigenvalue weighted by Gasteiger charge is 2.09. The largest absolute Gasteiger partial charge is 0.483 e. The predicted octanol–water partition coefficient (Wildman–Crippen LogP) is 7.03. The maximum absolute atomic E-state index is 12.3. The van der Waals surface area contributed by atoms with Crippen molar-refractivity contribution in [1.29, 1.82) is 0 Å². The summed E-state index contributed by atoms with van der Waals surface area (Å²) in [4.78, 5) is 16.8. The van der Waals surface area contributed by atoms with Crippen LogP contribution in [0.5, 0.6) is 5.75 Å². The molecule has 1 amide bonds. The summed E-state index contributed by atoms with van der Waals surface area (Å²) >= 11 is 18.3. The lowest BCUT2D eigenvalue weighted by Gasteiger charge is -2.11. The standard InChI is InChI=1S/C23H19Cl3N2O2/c1-14-4-7-19(11-20(14)26)28-23(29)13-30-22-8-6-17(24)9-16(22)12-27-21-10-18(25)5-3-15(21)2/h3-12H,13H2,1-2H3,(H,28,29). The van der Waals surface area contributed by atoms with Crippen LogP contribution in [0.3, 0.4) is 0 Å². The summed E-state index contributed by atoms with van der Waals surface area (Å²) in [6.45, 7) is 3.66. The quantitative estimate of drug-likeness (QED) is 0.400. The summed E-state index contributed by atoms with van der Waals surface area (Å²) in [6.07, 6.45) is 1.64. The smallest absolute Gasteiger partial charge is 0.262 e. The molecule has 0 aliphatic heterocycles. The van der Waals surface area contributed by atoms with E-state index in [-0.39, 0.29) is 12.5 Å². The van der Waals surface area contributed by atoms with Gasteiger partial charge in [0.25, 0.3) is 5.91 Å². The molecule has 30 heavy (non-hydrogen) atoms. The van der Waals surface area contributed by atoms with Crippen molar-refractivity contribution in [2.24, 2.45) is 4.99 Å². The minimum Gasteiger partial charge on any atom is -0.483 e. The van der Waals surface area contributed by atoms with Crippen molar-refractivity contribution >= 4 is 58.3 Å². The Labute approximate surface area is 190 Å². The number of anilines is 1. The van der Waals surface area contributed by atoms with Gasteiger partial charge >= 0.3 is 0 Å². The van der Waals surface area contributed by atoms with E-state index in [9.17, 15) is 4.79 Å². The number of aliphatic imine (C=N–C) groups is 1. The zero-order valence-corrected chi connectivity index (χ0v) is 18.6. The van der Waals surface area contributed by atoms with Crippen molar-refractivity contribution < 1.29 is 9.53 Å². The number of hydrogen-bond acceptors (Lipinski definition) is 3. The van der Waals surface area contributed by atoms with Crippen LogP contribution in [-0.2, 0) is 4.79 Å². The number of halogens is 3. The second-order valence-electron chi connectivity index (χ2n) is 6.67. The van der Waals surface area contributed by atoms with Crippen LogP contribution < -0.4 is 10.1 Å². The van der Waals surface area contributed by atoms with Crippen LogP contribution >= 0.6 is 34.8 Å². The Bertz CT molecular complexity index is 1110. The molecule has 154 valence electrons. The fourth-order valence-electron chi connectivity index (χ4n) is 2.62. The van der Waals surface area contributed by atoms with Crippen molar-refractivity contribution in [2.45, 2.75) is 13.8 Å². The van der Waals surface area contributed by atoms with E-state index in [1.165, 1.54) is 0 Å². The molecule has 1 N–H and O–H groups in total. The Morgan fingerprint density at radius 2 is 1.67 bits per heavy atom. The molecule has 0 unspecified atom stereocenters. The van der Waals surface area contributed by atoms with Crippen molar-refractivity contribution in [3.8, 4) is 5.75 Å². The van der Waals surface area contributed by atoms with Crippen molar-refractivity contribution in [2.75, 3.05) is 11.9 Å². The average Bonchev–Trinajstić information content (AvgIpc) is 2.70. The van der Waals surface area contributed by atoms with Gasteiger partial charge in [-0.3, -0.25) is 9.79 Å². The third-order valence-corrected chi connectivity index (χ3v) is 5.18. The minimum absolute atomic E-state index is 0.176. The average molecular weight is 462 g/mol. The Morgan fingerprint density at radius 3 is 2.43 bits per heavy atom. The summed E-state index contributed by atoms with van der Waals surface area (Å²) in [5.41, 5.74) is 3.91. The molecule has 0 saturated carbocycles. The first kappa shape index (κ1) is 22.2. The molecule has 0 bridgehead atoms. The molecule has 0 saturated heterocycles. The Hall–Kier alpha value is -2.53. The molecule has 3 aromatic rings. The lowest BCUT2D eigenvalue weighted by Crippen LogP contribution is -2.20. The highest BCUT2D eigenvalue weighted by Crippen LogP contribution is 2.26. The first-order valence-electron chi connectivity index (χ1n) is 9.10. The zero-order chi connectivity index (χ0) is 21.7. The number of nitrogens with one attached hydrogen (secondary N) is 1. The van der Waals surface area contributed by atoms with E-state index < -0.39 is 0 Å². The normalized spacial score (nSPS) is 11.0. The monoisotopic (exact) mass is 460 g/mol. The number of benzene rings is 3. The highest BCUT2D eigenvalue weighted by atomic mass is 35.5. The molecule has 4 nitrogen and oxygen atoms in total. The van der Waals surface area contributed by atoms with Gasteiger partial charge in [0.1, 0.15) is 5.75 Å². The number of hydrogen-bond donors (Lipinski definition) is 1. The van der Waals surface area contributed by atoms with Crippen molar-refractivity contribution in [1.82, 2.24) is 0 Å². The van der Waals surface area contributed by atoms with E-state index in [4.69, 9.17) is 39.5 Å². The summed E-state index contributed by atoms with van der Waals surface area (Å²) in [7, 11) is 0. The minimum atomic E-state index is -0.307. The highest BCUT2D eigenvalue weighted by molar-refractivity contribution is 6.32. The molecular weight excluding hydrogens is 443 g/mol. The molecule has 0 radical (unpaired) electrons. The molecule has 3 rings (SSSR count). The molecule has 0 atom stereocenters. The number of ether oxygens (including phenoxy) is 1. The third-order valence-electron chi connectivity index (χ3n) is 4.30. The number of carbonyl (C=O) groups is 1. The molecule has 0 aromatic heterocycles. The topological polar surface area (TPSA) is 50.7 Å². The molecular formula is C23H19Cl3N2O2. The lowest BCUT2D eigenvalue weighted by molar-refractivity contribution is -0.118. The molecule has 3 aromatic carbocycles. The first-order valence-corrected chi connectivity index (χ1v) is 10.2. The number of rotatable bonds is 6. The number of nitrogens with zero attached hydrogens (tertiary/aromatic N) is 1. The van der Waals surface area contributed by atoms with Gasteiger partial charge in [-0.25, -0.2) is 0 Å². The molecule has 0 fully saturated rings. The van der Waals surface area contributed by atoms with E-state index in [2.05, 4.69) is 10.3 Å². The van der Waals surface area contributed by atoms with Crippen LogP contribution in [0.25, 0.3) is 0 Å². The number of aryl methyl sites for hydroxylation is 2. The van der Waals surface area contributed by atoms with Gasteiger partial charge in [0.05, 0.1) is 5.69 Å². The van der Waals surface area contributed by atoms with Gasteiger partial charge in [-0.15, -0.1) is 0 Å². The van der Waals surface area contributed by atoms with Crippen LogP contribution in [0, 0.1) is 13.8 Å². The van der Waals surface area contributed by atoms with Crippen LogP contribution in [0.2, 0.25) is 15.1 Å². The Morgan fingerprint density at radius 1 is 0.967 bits per heavy atom. The van der Waals surface area contributed by atoms with Gasteiger partial charge in [-0.05, 0) is 67.4 Å². The predicted molar refractivity (Wildman–Crippen MR) is 125 cm³/mol. The van der Waals surface area contributed by atoms with Gasteiger partial charge in [0.15, 0.2) is 6.61 Å². The molecule has 0 heterocycles. The van der Waals surface area contributed by atoms with E-state index in [0.717, 1.165) is 16.8 Å². The van der Waals surface area contributed by atoms with Crippen LogP contribution in [0.4, 0.5) is 11.4 Å². The van der Waals surface area contributed by atoms with Crippen LogP contribution in [-0.4, -0.2) is 18.7 Å². The molecule has 0 aliphatic carbocycles. The Balaban J connectivity index is 1.71. The van der Waals surface area contributed by atoms with Gasteiger partial charge in [0, 0.05) is 32.5 Å². The SMILES string of the molecule is Cc1ccc(NC(=O)COc2ccc(Cl)cc2C=Nc2cc(Cl)ccc2C)cc1Cl. The number of carbonyl (C=O) groups excluding carboxylic acids is 1. The summed E-state index contributed by atoms with van der Waals surface area (Å²) < 4.78 is 5.70. The number of amides is 1. The van der Waals surface area contributed by atoms with Gasteiger partial charge < -0.3 is 10.1 Å². The molecule has 0 aliphatic rings. The summed E-state index contributed by atoms with van der Waals surface area (Å²) in [6, 6.07) is 15.9. The van der Waals surface area contributed by atoms with Gasteiger partial charge in [0.2, 0.25) is 0 Å². The van der Waals surface area contributed by atoms with Gasteiger partial charge in [-0.1, -0.05) is 46.9 Å². The third kappa shape index (κ3) is 5.99. The van der Waals surface area contributed by atoms with Crippen LogP contribution in [0.1, 0.15) is 16.7 Å².